The van der Waals surface area contributed by atoms with Crippen LogP contribution < -0.4 is 4.74 Å². The second-order valence-electron chi connectivity index (χ2n) is 8.84. The van der Waals surface area contributed by atoms with E-state index in [-0.39, 0.29) is 22.8 Å². The number of benzene rings is 3. The molecule has 1 saturated carbocycles. The van der Waals surface area contributed by atoms with Crippen LogP contribution in [0, 0.1) is 29.2 Å². The molecular weight excluding hydrogens is 440 g/mol. The molecule has 0 bridgehead atoms. The molecule has 0 heterocycles. The van der Waals surface area contributed by atoms with Gasteiger partial charge in [0.2, 0.25) is 5.82 Å². The molecule has 0 amide bonds. The molecule has 34 heavy (non-hydrogen) atoms. The zero-order chi connectivity index (χ0) is 24.2. The van der Waals surface area contributed by atoms with Gasteiger partial charge in [-0.2, -0.15) is 4.39 Å². The van der Waals surface area contributed by atoms with Gasteiger partial charge >= 0.3 is 0 Å². The van der Waals surface area contributed by atoms with Crippen molar-refractivity contribution in [2.75, 3.05) is 6.61 Å². The predicted octanol–water partition coefficient (Wildman–Crippen LogP) is 8.83. The lowest BCUT2D eigenvalue weighted by molar-refractivity contribution is 0.295. The summed E-state index contributed by atoms with van der Waals surface area (Å²) in [5.74, 6) is -3.42. The first kappa shape index (κ1) is 24.1. The Morgan fingerprint density at radius 2 is 1.32 bits per heavy atom. The smallest absolute Gasteiger partial charge is 0.201 e. The zero-order valence-electron chi connectivity index (χ0n) is 19.2. The van der Waals surface area contributed by atoms with Crippen molar-refractivity contribution in [1.82, 2.24) is 0 Å². The van der Waals surface area contributed by atoms with Crippen molar-refractivity contribution in [1.29, 1.82) is 0 Å². The highest BCUT2D eigenvalue weighted by molar-refractivity contribution is 5.71. The van der Waals surface area contributed by atoms with Gasteiger partial charge in [0.25, 0.3) is 0 Å². The van der Waals surface area contributed by atoms with Crippen molar-refractivity contribution in [3.63, 3.8) is 0 Å². The van der Waals surface area contributed by atoms with E-state index < -0.39 is 23.3 Å². The number of hydrogen-bond donors (Lipinski definition) is 0. The van der Waals surface area contributed by atoms with Gasteiger partial charge < -0.3 is 4.74 Å². The minimum atomic E-state index is -1.04. The van der Waals surface area contributed by atoms with Crippen LogP contribution >= 0.6 is 0 Å². The number of allylic oxidation sites excluding steroid dienone is 1. The molecule has 0 aromatic heterocycles. The average Bonchev–Trinajstić information content (AvgIpc) is 2.87. The highest BCUT2D eigenvalue weighted by Gasteiger charge is 2.25. The van der Waals surface area contributed by atoms with Crippen LogP contribution in [0.4, 0.5) is 17.6 Å². The molecule has 0 atom stereocenters. The minimum Gasteiger partial charge on any atom is -0.490 e. The molecule has 1 aliphatic carbocycles. The van der Waals surface area contributed by atoms with Gasteiger partial charge in [0.05, 0.1) is 6.61 Å². The van der Waals surface area contributed by atoms with Gasteiger partial charge in [0.15, 0.2) is 23.2 Å². The molecule has 3 aromatic carbocycles. The third kappa shape index (κ3) is 4.75. The van der Waals surface area contributed by atoms with Crippen LogP contribution in [0.15, 0.2) is 61.2 Å². The summed E-state index contributed by atoms with van der Waals surface area (Å²) < 4.78 is 64.2. The molecule has 0 aliphatic heterocycles. The maximum absolute atomic E-state index is 15.0. The average molecular weight is 469 g/mol. The third-order valence-electron chi connectivity index (χ3n) is 6.67. The van der Waals surface area contributed by atoms with Crippen molar-refractivity contribution < 1.29 is 22.3 Å². The fourth-order valence-corrected chi connectivity index (χ4v) is 4.68. The van der Waals surface area contributed by atoms with Gasteiger partial charge in [-0.05, 0) is 72.8 Å². The summed E-state index contributed by atoms with van der Waals surface area (Å²) in [6, 6.07) is 12.4. The molecule has 4 rings (SSSR count). The molecule has 178 valence electrons. The number of hydrogen-bond acceptors (Lipinski definition) is 1. The first-order valence-corrected chi connectivity index (χ1v) is 11.8. The van der Waals surface area contributed by atoms with E-state index in [4.69, 9.17) is 4.74 Å². The molecule has 5 heteroatoms. The molecule has 1 fully saturated rings. The fourth-order valence-electron chi connectivity index (χ4n) is 4.68. The Balaban J connectivity index is 1.57. The van der Waals surface area contributed by atoms with Crippen molar-refractivity contribution in [2.45, 2.75) is 44.9 Å². The van der Waals surface area contributed by atoms with Gasteiger partial charge in [-0.1, -0.05) is 49.4 Å². The third-order valence-corrected chi connectivity index (χ3v) is 6.67. The molecule has 1 nitrogen and oxygen atoms in total. The molecule has 0 N–H and O–H groups in total. The van der Waals surface area contributed by atoms with E-state index in [0.717, 1.165) is 25.7 Å². The van der Waals surface area contributed by atoms with E-state index >= 15 is 4.39 Å². The van der Waals surface area contributed by atoms with Gasteiger partial charge in [0.1, 0.15) is 0 Å². The Kier molecular flexibility index (Phi) is 7.40. The molecular formula is C29H28F4O. The first-order valence-electron chi connectivity index (χ1n) is 11.8. The predicted molar refractivity (Wildman–Crippen MR) is 128 cm³/mol. The van der Waals surface area contributed by atoms with Crippen LogP contribution in [-0.2, 0) is 0 Å². The second kappa shape index (κ2) is 10.5. The van der Waals surface area contributed by atoms with Crippen molar-refractivity contribution >= 4 is 0 Å². The quantitative estimate of drug-likeness (QED) is 0.249. The maximum Gasteiger partial charge on any atom is 0.201 e. The normalized spacial score (nSPS) is 18.0. The van der Waals surface area contributed by atoms with Crippen LogP contribution in [0.25, 0.3) is 22.3 Å². The van der Waals surface area contributed by atoms with E-state index in [0.29, 0.717) is 35.6 Å². The first-order chi connectivity index (χ1) is 16.4. The van der Waals surface area contributed by atoms with E-state index in [1.165, 1.54) is 12.1 Å². The SMILES string of the molecule is C=CC1CCC(c2ccc(-c3ccc(-c4ccc(OCCC)c(F)c4F)cc3)c(F)c2F)CC1. The second-order valence-corrected chi connectivity index (χ2v) is 8.84. The van der Waals surface area contributed by atoms with Crippen molar-refractivity contribution in [3.8, 4) is 28.0 Å². The van der Waals surface area contributed by atoms with E-state index in [1.807, 2.05) is 13.0 Å². The van der Waals surface area contributed by atoms with E-state index in [9.17, 15) is 13.2 Å². The lowest BCUT2D eigenvalue weighted by Crippen LogP contribution is -2.13. The Morgan fingerprint density at radius 3 is 1.88 bits per heavy atom. The van der Waals surface area contributed by atoms with Gasteiger partial charge in [-0.3, -0.25) is 0 Å². The summed E-state index contributed by atoms with van der Waals surface area (Å²) in [6.07, 6.45) is 6.10. The minimum absolute atomic E-state index is 0.00396. The fraction of sp³-hybridized carbons (Fsp3) is 0.310. The summed E-state index contributed by atoms with van der Waals surface area (Å²) in [7, 11) is 0. The van der Waals surface area contributed by atoms with Crippen molar-refractivity contribution in [2.24, 2.45) is 5.92 Å². The van der Waals surface area contributed by atoms with Gasteiger partial charge in [-0.25, -0.2) is 13.2 Å². The Labute approximate surface area is 198 Å². The Bertz CT molecular complexity index is 1160. The standard InChI is InChI=1S/C29H28F4O/c1-3-17-34-25-16-15-24(28(32)29(25)33)21-11-9-20(10-12-21)23-14-13-22(26(30)27(23)31)19-7-5-18(4-2)6-8-19/h4,9-16,18-19H,2-3,5-8,17H2,1H3. The summed E-state index contributed by atoms with van der Waals surface area (Å²) in [4.78, 5) is 0. The maximum atomic E-state index is 15.0. The van der Waals surface area contributed by atoms with Crippen LogP contribution in [0.1, 0.15) is 50.5 Å². The number of halogens is 4. The topological polar surface area (TPSA) is 9.23 Å². The molecule has 0 spiro atoms. The number of rotatable bonds is 7. The lowest BCUT2D eigenvalue weighted by atomic mass is 9.78. The Morgan fingerprint density at radius 1 is 0.765 bits per heavy atom. The summed E-state index contributed by atoms with van der Waals surface area (Å²) in [5, 5.41) is 0. The lowest BCUT2D eigenvalue weighted by Gasteiger charge is -2.27. The van der Waals surface area contributed by atoms with E-state index in [1.54, 1.807) is 36.4 Å². The zero-order valence-corrected chi connectivity index (χ0v) is 19.2. The molecule has 0 radical (unpaired) electrons. The van der Waals surface area contributed by atoms with Crippen molar-refractivity contribution in [3.05, 3.63) is 90.0 Å². The molecule has 0 unspecified atom stereocenters. The number of ether oxygens (including phenoxy) is 1. The summed E-state index contributed by atoms with van der Waals surface area (Å²) in [5.41, 5.74) is 1.53. The van der Waals surface area contributed by atoms with Crippen LogP contribution in [0.2, 0.25) is 0 Å². The Hall–Kier alpha value is -3.08. The highest BCUT2D eigenvalue weighted by Crippen LogP contribution is 2.39. The largest absolute Gasteiger partial charge is 0.490 e. The van der Waals surface area contributed by atoms with Gasteiger partial charge in [-0.15, -0.1) is 6.58 Å². The van der Waals surface area contributed by atoms with E-state index in [2.05, 4.69) is 6.58 Å². The van der Waals surface area contributed by atoms with Crippen LogP contribution in [0.3, 0.4) is 0 Å². The monoisotopic (exact) mass is 468 g/mol. The van der Waals surface area contributed by atoms with Crippen LogP contribution in [-0.4, -0.2) is 6.61 Å². The summed E-state index contributed by atoms with van der Waals surface area (Å²) in [6.45, 7) is 6.00. The highest BCUT2D eigenvalue weighted by atomic mass is 19.2. The molecule has 3 aromatic rings. The van der Waals surface area contributed by atoms with Gasteiger partial charge in [0, 0.05) is 11.1 Å². The molecule has 1 aliphatic rings. The molecule has 0 saturated heterocycles. The van der Waals surface area contributed by atoms with Crippen LogP contribution in [0.5, 0.6) is 5.75 Å². The summed E-state index contributed by atoms with van der Waals surface area (Å²) >= 11 is 0.